The number of primary amides is 1. The average Bonchev–Trinajstić information content (AvgIpc) is 2.56. The van der Waals surface area contributed by atoms with Crippen LogP contribution in [0.1, 0.15) is 29.8 Å². The summed E-state index contributed by atoms with van der Waals surface area (Å²) in [7, 11) is 1.81. The Balaban J connectivity index is 1.97. The maximum atomic E-state index is 11.3. The summed E-state index contributed by atoms with van der Waals surface area (Å²) in [4.78, 5) is 18.0. The van der Waals surface area contributed by atoms with E-state index in [1.165, 1.54) is 0 Å². The average molecular weight is 334 g/mol. The molecule has 1 amide bonds. The monoisotopic (exact) mass is 334 g/mol. The van der Waals surface area contributed by atoms with Crippen LogP contribution in [0.4, 0.5) is 0 Å². The van der Waals surface area contributed by atoms with Gasteiger partial charge in [0.05, 0.1) is 0 Å². The predicted octanol–water partition coefficient (Wildman–Crippen LogP) is 1.93. The highest BCUT2D eigenvalue weighted by atomic mass is 32.2. The molecule has 1 heterocycles. The van der Waals surface area contributed by atoms with Gasteiger partial charge >= 0.3 is 0 Å². The third kappa shape index (κ3) is 4.89. The van der Waals surface area contributed by atoms with Gasteiger partial charge in [-0.25, -0.2) is 0 Å². The normalized spacial score (nSPS) is 19.0. The predicted molar refractivity (Wildman–Crippen MR) is 97.8 cm³/mol. The molecule has 23 heavy (non-hydrogen) atoms. The zero-order valence-electron chi connectivity index (χ0n) is 14.1. The number of rotatable bonds is 4. The van der Waals surface area contributed by atoms with E-state index in [1.807, 2.05) is 37.0 Å². The van der Waals surface area contributed by atoms with E-state index >= 15 is 0 Å². The number of amides is 1. The van der Waals surface area contributed by atoms with E-state index in [-0.39, 0.29) is 0 Å². The molecule has 1 aromatic carbocycles. The molecule has 0 radical (unpaired) electrons. The number of carbonyl (C=O) groups excluding carboxylic acids is 1. The van der Waals surface area contributed by atoms with Gasteiger partial charge in [-0.2, -0.15) is 11.8 Å². The number of hydrogen-bond donors (Lipinski definition) is 2. The van der Waals surface area contributed by atoms with Crippen LogP contribution in [0.5, 0.6) is 0 Å². The van der Waals surface area contributed by atoms with E-state index in [1.54, 1.807) is 6.07 Å². The van der Waals surface area contributed by atoms with E-state index in [0.29, 0.717) is 23.3 Å². The van der Waals surface area contributed by atoms with E-state index in [4.69, 9.17) is 5.73 Å². The Hall–Kier alpha value is -1.69. The Morgan fingerprint density at radius 2 is 2.30 bits per heavy atom. The molecular formula is C17H26N4OS. The Labute approximate surface area is 142 Å². The highest BCUT2D eigenvalue weighted by Gasteiger charge is 2.24. The summed E-state index contributed by atoms with van der Waals surface area (Å²) < 4.78 is 0. The van der Waals surface area contributed by atoms with Crippen LogP contribution >= 0.6 is 11.8 Å². The fraction of sp³-hybridized carbons (Fsp3) is 0.529. The fourth-order valence-electron chi connectivity index (χ4n) is 2.62. The number of nitrogens with two attached hydrogens (primary N) is 1. The zero-order chi connectivity index (χ0) is 16.8. The molecule has 0 aliphatic carbocycles. The SMILES string of the molecule is CN=C(NCc1cccc(C(N)=O)c1)N1CCSC(C(C)C)C1. The molecule has 3 N–H and O–H groups in total. The summed E-state index contributed by atoms with van der Waals surface area (Å²) in [5, 5.41) is 4.03. The molecule has 1 saturated heterocycles. The molecule has 6 heteroatoms. The highest BCUT2D eigenvalue weighted by Crippen LogP contribution is 2.24. The lowest BCUT2D eigenvalue weighted by Crippen LogP contribution is -2.48. The summed E-state index contributed by atoms with van der Waals surface area (Å²) in [6.07, 6.45) is 0. The van der Waals surface area contributed by atoms with Crippen molar-refractivity contribution in [2.24, 2.45) is 16.6 Å². The van der Waals surface area contributed by atoms with Gasteiger partial charge in [-0.05, 0) is 23.6 Å². The molecule has 0 saturated carbocycles. The van der Waals surface area contributed by atoms with Crippen LogP contribution in [-0.4, -0.2) is 47.9 Å². The Kier molecular flexibility index (Phi) is 6.33. The fourth-order valence-corrected chi connectivity index (χ4v) is 3.92. The first-order valence-electron chi connectivity index (χ1n) is 7.97. The van der Waals surface area contributed by atoms with E-state index in [9.17, 15) is 4.79 Å². The van der Waals surface area contributed by atoms with Crippen molar-refractivity contribution in [3.05, 3.63) is 35.4 Å². The molecule has 5 nitrogen and oxygen atoms in total. The maximum Gasteiger partial charge on any atom is 0.248 e. The number of nitrogens with one attached hydrogen (secondary N) is 1. The van der Waals surface area contributed by atoms with Crippen molar-refractivity contribution < 1.29 is 4.79 Å². The molecule has 1 atom stereocenters. The molecule has 0 spiro atoms. The molecular weight excluding hydrogens is 308 g/mol. The number of carbonyl (C=O) groups is 1. The number of guanidine groups is 1. The quantitative estimate of drug-likeness (QED) is 0.652. The van der Waals surface area contributed by atoms with Crippen LogP contribution in [-0.2, 0) is 6.54 Å². The summed E-state index contributed by atoms with van der Waals surface area (Å²) in [6.45, 7) is 7.20. The second kappa shape index (κ2) is 8.24. The van der Waals surface area contributed by atoms with Crippen molar-refractivity contribution in [1.82, 2.24) is 10.2 Å². The van der Waals surface area contributed by atoms with Gasteiger partial charge in [-0.3, -0.25) is 9.79 Å². The second-order valence-electron chi connectivity index (χ2n) is 6.06. The zero-order valence-corrected chi connectivity index (χ0v) is 14.9. The first-order chi connectivity index (χ1) is 11.0. The number of hydrogen-bond acceptors (Lipinski definition) is 3. The number of benzene rings is 1. The van der Waals surface area contributed by atoms with Crippen LogP contribution in [0.15, 0.2) is 29.3 Å². The summed E-state index contributed by atoms with van der Waals surface area (Å²) >= 11 is 2.05. The summed E-state index contributed by atoms with van der Waals surface area (Å²) in [5.41, 5.74) is 6.89. The molecule has 2 rings (SSSR count). The number of aliphatic imine (C=N–C) groups is 1. The lowest BCUT2D eigenvalue weighted by atomic mass is 10.1. The van der Waals surface area contributed by atoms with E-state index in [2.05, 4.69) is 29.1 Å². The molecule has 1 unspecified atom stereocenters. The summed E-state index contributed by atoms with van der Waals surface area (Å²) in [5.74, 6) is 2.30. The lowest BCUT2D eigenvalue weighted by molar-refractivity contribution is 0.1000. The van der Waals surface area contributed by atoms with Gasteiger partial charge in [0.15, 0.2) is 5.96 Å². The van der Waals surface area contributed by atoms with Crippen LogP contribution in [0.2, 0.25) is 0 Å². The van der Waals surface area contributed by atoms with Crippen molar-refractivity contribution in [2.75, 3.05) is 25.9 Å². The molecule has 0 aromatic heterocycles. The molecule has 1 aromatic rings. The second-order valence-corrected chi connectivity index (χ2v) is 7.41. The largest absolute Gasteiger partial charge is 0.366 e. The van der Waals surface area contributed by atoms with Crippen LogP contribution < -0.4 is 11.1 Å². The highest BCUT2D eigenvalue weighted by molar-refractivity contribution is 8.00. The Bertz CT molecular complexity index is 573. The van der Waals surface area contributed by atoms with Gasteiger partial charge in [0.1, 0.15) is 0 Å². The molecule has 1 aliphatic heterocycles. The molecule has 0 bridgehead atoms. The minimum absolute atomic E-state index is 0.399. The number of thioether (sulfide) groups is 1. The van der Waals surface area contributed by atoms with Crippen molar-refractivity contribution >= 4 is 23.6 Å². The molecule has 1 fully saturated rings. The third-order valence-corrected chi connectivity index (χ3v) is 5.55. The topological polar surface area (TPSA) is 70.7 Å². The Morgan fingerprint density at radius 3 is 2.96 bits per heavy atom. The van der Waals surface area contributed by atoms with Crippen molar-refractivity contribution in [1.29, 1.82) is 0 Å². The molecule has 1 aliphatic rings. The van der Waals surface area contributed by atoms with Gasteiger partial charge in [-0.1, -0.05) is 26.0 Å². The minimum atomic E-state index is -0.399. The maximum absolute atomic E-state index is 11.3. The number of nitrogens with zero attached hydrogens (tertiary/aromatic N) is 2. The van der Waals surface area contributed by atoms with Gasteiger partial charge in [-0.15, -0.1) is 0 Å². The van der Waals surface area contributed by atoms with E-state index < -0.39 is 5.91 Å². The minimum Gasteiger partial charge on any atom is -0.366 e. The third-order valence-electron chi connectivity index (χ3n) is 4.01. The van der Waals surface area contributed by atoms with Gasteiger partial charge in [0.2, 0.25) is 5.91 Å². The Morgan fingerprint density at radius 1 is 1.52 bits per heavy atom. The van der Waals surface area contributed by atoms with Crippen LogP contribution in [0, 0.1) is 5.92 Å². The van der Waals surface area contributed by atoms with Crippen molar-refractivity contribution in [3.8, 4) is 0 Å². The van der Waals surface area contributed by atoms with Gasteiger partial charge in [0, 0.05) is 43.2 Å². The van der Waals surface area contributed by atoms with Crippen LogP contribution in [0.25, 0.3) is 0 Å². The smallest absolute Gasteiger partial charge is 0.248 e. The standard InChI is InChI=1S/C17H26N4OS/c1-12(2)15-11-21(7-8-23-15)17(19-3)20-10-13-5-4-6-14(9-13)16(18)22/h4-6,9,12,15H,7-8,10-11H2,1-3H3,(H2,18,22)(H,19,20). The van der Waals surface area contributed by atoms with Crippen molar-refractivity contribution in [3.63, 3.8) is 0 Å². The van der Waals surface area contributed by atoms with Gasteiger partial charge < -0.3 is 16.0 Å². The molecule has 126 valence electrons. The van der Waals surface area contributed by atoms with Crippen molar-refractivity contribution in [2.45, 2.75) is 25.6 Å². The first-order valence-corrected chi connectivity index (χ1v) is 9.02. The summed E-state index contributed by atoms with van der Waals surface area (Å²) in [6, 6.07) is 7.39. The van der Waals surface area contributed by atoms with E-state index in [0.717, 1.165) is 30.4 Å². The lowest BCUT2D eigenvalue weighted by Gasteiger charge is -2.36. The van der Waals surface area contributed by atoms with Gasteiger partial charge in [0.25, 0.3) is 0 Å². The first kappa shape index (κ1) is 17.7. The van der Waals surface area contributed by atoms with Crippen LogP contribution in [0.3, 0.4) is 0 Å².